The van der Waals surface area contributed by atoms with Crippen LogP contribution in [0.15, 0.2) is 77.3 Å². The number of carbonyl (C=O) groups is 2. The number of halogens is 1. The Kier molecular flexibility index (Phi) is 6.29. The second kappa shape index (κ2) is 9.75. The van der Waals surface area contributed by atoms with Gasteiger partial charge in [0.15, 0.2) is 11.6 Å². The van der Waals surface area contributed by atoms with Gasteiger partial charge < -0.3 is 14.2 Å². The molecular weight excluding hydrogens is 467 g/mol. The van der Waals surface area contributed by atoms with Gasteiger partial charge in [-0.1, -0.05) is 36.4 Å². The molecule has 5 nitrogen and oxygen atoms in total. The molecule has 3 aliphatic rings. The van der Waals surface area contributed by atoms with E-state index in [2.05, 4.69) is 15.5 Å². The topological polar surface area (TPSA) is 51.5 Å². The second-order valence-electron chi connectivity index (χ2n) is 10.2. The Morgan fingerprint density at radius 1 is 0.892 bits per heavy atom. The van der Waals surface area contributed by atoms with E-state index < -0.39 is 5.92 Å². The largest absolute Gasteiger partial charge is 0.383 e. The van der Waals surface area contributed by atoms with Crippen molar-refractivity contribution in [3.05, 3.63) is 94.2 Å². The number of fused-ring (bicyclic) bond motifs is 1. The summed E-state index contributed by atoms with van der Waals surface area (Å²) in [6.45, 7) is 1.54. The first-order valence-corrected chi connectivity index (χ1v) is 13.2. The van der Waals surface area contributed by atoms with Gasteiger partial charge >= 0.3 is 0 Å². The molecule has 6 heteroatoms. The van der Waals surface area contributed by atoms with E-state index in [1.807, 2.05) is 30.5 Å². The van der Waals surface area contributed by atoms with Crippen molar-refractivity contribution in [2.45, 2.75) is 51.0 Å². The molecule has 1 aromatic heterocycles. The number of hydrogen-bond donors (Lipinski definition) is 0. The van der Waals surface area contributed by atoms with Gasteiger partial charge in [-0.05, 0) is 43.4 Å². The summed E-state index contributed by atoms with van der Waals surface area (Å²) in [6.07, 6.45) is 6.32. The fourth-order valence-corrected chi connectivity index (χ4v) is 6.43. The molecule has 0 radical (unpaired) electrons. The highest BCUT2D eigenvalue weighted by molar-refractivity contribution is 6.07. The molecule has 0 spiro atoms. The van der Waals surface area contributed by atoms with E-state index >= 15 is 0 Å². The van der Waals surface area contributed by atoms with Crippen LogP contribution in [0.1, 0.15) is 55.6 Å². The monoisotopic (exact) mass is 498 g/mol. The molecule has 0 saturated carbocycles. The average molecular weight is 499 g/mol. The fraction of sp³-hybridized carbons (Fsp3) is 0.355. The fourth-order valence-electron chi connectivity index (χ4n) is 6.43. The normalized spacial score (nSPS) is 18.6. The molecule has 190 valence electrons. The maximum absolute atomic E-state index is 14.6. The SMILES string of the molecule is COCCN1C2=C(C(=O)CCC2)C(c2cn(Cc3ccccc3F)c3ccccc23)C2=C1CCCC2=O. The smallest absolute Gasteiger partial charge is 0.161 e. The van der Waals surface area contributed by atoms with Crippen LogP contribution >= 0.6 is 0 Å². The van der Waals surface area contributed by atoms with E-state index in [1.165, 1.54) is 6.07 Å². The summed E-state index contributed by atoms with van der Waals surface area (Å²) < 4.78 is 22.1. The minimum Gasteiger partial charge on any atom is -0.383 e. The molecule has 1 aliphatic heterocycles. The van der Waals surface area contributed by atoms with Crippen molar-refractivity contribution in [3.63, 3.8) is 0 Å². The van der Waals surface area contributed by atoms with Crippen molar-refractivity contribution >= 4 is 22.5 Å². The molecule has 2 heterocycles. The number of aromatic nitrogens is 1. The molecule has 0 fully saturated rings. The Bertz CT molecular complexity index is 1420. The molecule has 6 rings (SSSR count). The molecule has 2 aliphatic carbocycles. The van der Waals surface area contributed by atoms with Gasteiger partial charge in [0.05, 0.1) is 13.2 Å². The summed E-state index contributed by atoms with van der Waals surface area (Å²) in [5, 5.41) is 1.00. The maximum atomic E-state index is 14.6. The van der Waals surface area contributed by atoms with E-state index in [1.54, 1.807) is 19.2 Å². The van der Waals surface area contributed by atoms with Gasteiger partial charge in [0, 0.05) is 77.6 Å². The lowest BCUT2D eigenvalue weighted by Gasteiger charge is -2.43. The number of para-hydroxylation sites is 1. The predicted molar refractivity (Wildman–Crippen MR) is 141 cm³/mol. The van der Waals surface area contributed by atoms with Gasteiger partial charge in [-0.15, -0.1) is 0 Å². The van der Waals surface area contributed by atoms with Crippen LogP contribution in [0, 0.1) is 5.82 Å². The third-order valence-electron chi connectivity index (χ3n) is 8.03. The zero-order valence-corrected chi connectivity index (χ0v) is 21.1. The number of nitrogens with zero attached hydrogens (tertiary/aromatic N) is 2. The van der Waals surface area contributed by atoms with Crippen LogP contribution in [0.5, 0.6) is 0 Å². The van der Waals surface area contributed by atoms with E-state index in [-0.39, 0.29) is 17.4 Å². The molecule has 37 heavy (non-hydrogen) atoms. The molecule has 0 unspecified atom stereocenters. The van der Waals surface area contributed by atoms with Crippen LogP contribution in [-0.2, 0) is 20.9 Å². The molecule has 0 amide bonds. The molecule has 3 aromatic rings. The van der Waals surface area contributed by atoms with Crippen LogP contribution in [0.4, 0.5) is 4.39 Å². The number of allylic oxidation sites excluding steroid dienone is 4. The van der Waals surface area contributed by atoms with Crippen molar-refractivity contribution in [2.75, 3.05) is 20.3 Å². The van der Waals surface area contributed by atoms with Crippen LogP contribution < -0.4 is 0 Å². The van der Waals surface area contributed by atoms with Crippen molar-refractivity contribution in [3.8, 4) is 0 Å². The van der Waals surface area contributed by atoms with E-state index in [0.717, 1.165) is 64.7 Å². The quantitative estimate of drug-likeness (QED) is 0.425. The summed E-state index contributed by atoms with van der Waals surface area (Å²) in [4.78, 5) is 29.4. The standard InChI is InChI=1S/C31H31FN2O3/c1-37-17-16-34-25-12-6-14-27(35)30(25)29(31-26(34)13-7-15-28(31)36)22-19-33(24-11-5-3-9-21(22)24)18-20-8-2-4-10-23(20)32/h2-5,8-11,19,29H,6-7,12-18H2,1H3. The summed E-state index contributed by atoms with van der Waals surface area (Å²) in [5.74, 6) is -0.376. The highest BCUT2D eigenvalue weighted by Gasteiger charge is 2.44. The van der Waals surface area contributed by atoms with E-state index in [9.17, 15) is 14.0 Å². The lowest BCUT2D eigenvalue weighted by Crippen LogP contribution is -2.40. The lowest BCUT2D eigenvalue weighted by molar-refractivity contribution is -0.117. The molecule has 0 bridgehead atoms. The van der Waals surface area contributed by atoms with Crippen LogP contribution in [0.25, 0.3) is 10.9 Å². The highest BCUT2D eigenvalue weighted by Crippen LogP contribution is 2.50. The van der Waals surface area contributed by atoms with E-state index in [4.69, 9.17) is 4.74 Å². The van der Waals surface area contributed by atoms with Crippen molar-refractivity contribution in [1.29, 1.82) is 0 Å². The highest BCUT2D eigenvalue weighted by atomic mass is 19.1. The number of Topliss-reactive ketones (excluding diaryl/α,β-unsaturated/α-hetero) is 2. The van der Waals surface area contributed by atoms with Crippen LogP contribution in [0.2, 0.25) is 0 Å². The average Bonchev–Trinajstić information content (AvgIpc) is 3.26. The lowest BCUT2D eigenvalue weighted by atomic mass is 9.71. The number of rotatable bonds is 6. The third kappa shape index (κ3) is 4.04. The van der Waals surface area contributed by atoms with Gasteiger partial charge in [0.1, 0.15) is 5.82 Å². The number of benzene rings is 2. The summed E-state index contributed by atoms with van der Waals surface area (Å²) in [7, 11) is 1.68. The Morgan fingerprint density at radius 2 is 1.54 bits per heavy atom. The molecular formula is C31H31FN2O3. The zero-order chi connectivity index (χ0) is 25.5. The van der Waals surface area contributed by atoms with Gasteiger partial charge in [-0.25, -0.2) is 4.39 Å². The zero-order valence-electron chi connectivity index (χ0n) is 21.1. The first-order chi connectivity index (χ1) is 18.1. The number of hydrogen-bond acceptors (Lipinski definition) is 4. The van der Waals surface area contributed by atoms with Crippen molar-refractivity contribution < 1.29 is 18.7 Å². The number of ketones is 2. The Balaban J connectivity index is 1.57. The van der Waals surface area contributed by atoms with Crippen molar-refractivity contribution in [1.82, 2.24) is 9.47 Å². The number of carbonyl (C=O) groups excluding carboxylic acids is 2. The van der Waals surface area contributed by atoms with Gasteiger partial charge in [-0.2, -0.15) is 0 Å². The van der Waals surface area contributed by atoms with Gasteiger partial charge in [0.25, 0.3) is 0 Å². The molecule has 0 atom stereocenters. The second-order valence-corrected chi connectivity index (χ2v) is 10.2. The summed E-state index contributed by atoms with van der Waals surface area (Å²) in [6, 6.07) is 14.9. The Labute approximate surface area is 216 Å². The van der Waals surface area contributed by atoms with E-state index in [0.29, 0.717) is 38.1 Å². The summed E-state index contributed by atoms with van der Waals surface area (Å²) in [5.41, 5.74) is 6.18. The Hall–Kier alpha value is -3.51. The number of methoxy groups -OCH3 is 1. The summed E-state index contributed by atoms with van der Waals surface area (Å²) >= 11 is 0. The minimum atomic E-state index is -0.392. The molecule has 0 saturated heterocycles. The first kappa shape index (κ1) is 23.9. The maximum Gasteiger partial charge on any atom is 0.161 e. The Morgan fingerprint density at radius 3 is 2.22 bits per heavy atom. The van der Waals surface area contributed by atoms with Crippen LogP contribution in [0.3, 0.4) is 0 Å². The van der Waals surface area contributed by atoms with Crippen molar-refractivity contribution in [2.24, 2.45) is 0 Å². The minimum absolute atomic E-state index is 0.129. The molecule has 0 N–H and O–H groups in total. The van der Waals surface area contributed by atoms with Gasteiger partial charge in [0.2, 0.25) is 0 Å². The first-order valence-electron chi connectivity index (χ1n) is 13.2. The number of ether oxygens (including phenoxy) is 1. The third-order valence-corrected chi connectivity index (χ3v) is 8.03. The van der Waals surface area contributed by atoms with Gasteiger partial charge in [-0.3, -0.25) is 9.59 Å². The predicted octanol–water partition coefficient (Wildman–Crippen LogP) is 5.89. The molecule has 2 aromatic carbocycles. The van der Waals surface area contributed by atoms with Crippen LogP contribution in [-0.4, -0.2) is 41.3 Å².